The molecule has 29 heavy (non-hydrogen) atoms. The van der Waals surface area contributed by atoms with Gasteiger partial charge in [0, 0.05) is 13.2 Å². The van der Waals surface area contributed by atoms with Crippen LogP contribution in [0.1, 0.15) is 23.2 Å². The van der Waals surface area contributed by atoms with Gasteiger partial charge in [0.25, 0.3) is 5.91 Å². The Morgan fingerprint density at radius 2 is 1.90 bits per heavy atom. The van der Waals surface area contributed by atoms with Crippen molar-refractivity contribution < 1.29 is 18.7 Å². The zero-order valence-electron chi connectivity index (χ0n) is 15.7. The van der Waals surface area contributed by atoms with Gasteiger partial charge in [-0.15, -0.1) is 0 Å². The van der Waals surface area contributed by atoms with E-state index in [2.05, 4.69) is 10.6 Å². The number of carbonyl (C=O) groups excluding carboxylic acids is 2. The molecule has 4 rings (SSSR count). The summed E-state index contributed by atoms with van der Waals surface area (Å²) in [5, 5.41) is 5.57. The number of para-hydroxylation sites is 3. The van der Waals surface area contributed by atoms with E-state index in [1.165, 1.54) is 4.57 Å². The van der Waals surface area contributed by atoms with Gasteiger partial charge in [-0.2, -0.15) is 0 Å². The van der Waals surface area contributed by atoms with Gasteiger partial charge in [-0.05, 0) is 37.1 Å². The van der Waals surface area contributed by atoms with Crippen LogP contribution in [0.25, 0.3) is 11.1 Å². The fraction of sp³-hybridized carbons (Fsp3) is 0.286. The molecule has 8 nitrogen and oxygen atoms in total. The van der Waals surface area contributed by atoms with E-state index in [9.17, 15) is 14.4 Å². The molecule has 0 saturated carbocycles. The third-order valence-electron chi connectivity index (χ3n) is 4.84. The zero-order valence-corrected chi connectivity index (χ0v) is 15.7. The van der Waals surface area contributed by atoms with E-state index in [1.54, 1.807) is 48.5 Å². The molecule has 2 heterocycles. The van der Waals surface area contributed by atoms with E-state index in [4.69, 9.17) is 9.15 Å². The molecule has 3 aromatic rings. The minimum absolute atomic E-state index is 0.0296. The van der Waals surface area contributed by atoms with Gasteiger partial charge in [0.1, 0.15) is 6.54 Å². The Kier molecular flexibility index (Phi) is 5.44. The van der Waals surface area contributed by atoms with Crippen LogP contribution in [0.3, 0.4) is 0 Å². The van der Waals surface area contributed by atoms with E-state index < -0.39 is 11.7 Å². The Bertz CT molecular complexity index is 1090. The second kappa shape index (κ2) is 8.32. The molecule has 8 heteroatoms. The molecule has 2 aromatic carbocycles. The highest BCUT2D eigenvalue weighted by atomic mass is 16.5. The van der Waals surface area contributed by atoms with Crippen molar-refractivity contribution in [1.29, 1.82) is 0 Å². The number of rotatable bonds is 6. The van der Waals surface area contributed by atoms with Crippen LogP contribution in [-0.4, -0.2) is 35.6 Å². The molecule has 0 aliphatic carbocycles. The number of hydrogen-bond acceptors (Lipinski definition) is 5. The van der Waals surface area contributed by atoms with Gasteiger partial charge in [0.15, 0.2) is 5.58 Å². The number of ether oxygens (including phenoxy) is 1. The fourth-order valence-corrected chi connectivity index (χ4v) is 3.39. The first-order valence-corrected chi connectivity index (χ1v) is 9.49. The molecule has 1 fully saturated rings. The lowest BCUT2D eigenvalue weighted by Gasteiger charge is -2.14. The maximum Gasteiger partial charge on any atom is 0.420 e. The molecule has 1 aromatic heterocycles. The Balaban J connectivity index is 1.46. The molecule has 1 atom stereocenters. The first-order chi connectivity index (χ1) is 14.1. The van der Waals surface area contributed by atoms with Crippen LogP contribution in [0.2, 0.25) is 0 Å². The van der Waals surface area contributed by atoms with Gasteiger partial charge < -0.3 is 19.8 Å². The second-order valence-electron chi connectivity index (χ2n) is 6.86. The Hall–Kier alpha value is -3.39. The van der Waals surface area contributed by atoms with E-state index in [0.717, 1.165) is 19.4 Å². The number of carbonyl (C=O) groups is 2. The van der Waals surface area contributed by atoms with Crippen LogP contribution in [-0.2, 0) is 16.1 Å². The standard InChI is InChI=1S/C21H21N3O5/c25-19(13-24-17-9-3-4-10-18(17)29-21(24)27)23-16-8-2-1-7-15(16)20(26)22-12-14-6-5-11-28-14/h1-4,7-10,14H,5-6,11-13H2,(H,22,26)(H,23,25). The van der Waals surface area contributed by atoms with Crippen LogP contribution >= 0.6 is 0 Å². The number of aromatic nitrogens is 1. The minimum Gasteiger partial charge on any atom is -0.408 e. The molecule has 0 radical (unpaired) electrons. The minimum atomic E-state index is -0.607. The molecule has 1 saturated heterocycles. The van der Waals surface area contributed by atoms with Gasteiger partial charge in [0.2, 0.25) is 5.91 Å². The van der Waals surface area contributed by atoms with Crippen molar-refractivity contribution in [3.8, 4) is 0 Å². The lowest BCUT2D eigenvalue weighted by Crippen LogP contribution is -2.32. The zero-order chi connectivity index (χ0) is 20.2. The number of oxazole rings is 1. The summed E-state index contributed by atoms with van der Waals surface area (Å²) >= 11 is 0. The van der Waals surface area contributed by atoms with E-state index >= 15 is 0 Å². The summed E-state index contributed by atoms with van der Waals surface area (Å²) in [6.45, 7) is 0.925. The highest BCUT2D eigenvalue weighted by Crippen LogP contribution is 2.17. The van der Waals surface area contributed by atoms with E-state index in [-0.39, 0.29) is 18.6 Å². The van der Waals surface area contributed by atoms with Gasteiger partial charge in [-0.25, -0.2) is 4.79 Å². The van der Waals surface area contributed by atoms with Gasteiger partial charge in [-0.3, -0.25) is 14.2 Å². The monoisotopic (exact) mass is 395 g/mol. The predicted molar refractivity (Wildman–Crippen MR) is 107 cm³/mol. The lowest BCUT2D eigenvalue weighted by atomic mass is 10.1. The number of hydrogen-bond donors (Lipinski definition) is 2. The van der Waals surface area contributed by atoms with E-state index in [1.807, 2.05) is 0 Å². The van der Waals surface area contributed by atoms with E-state index in [0.29, 0.717) is 28.9 Å². The molecule has 2 amide bonds. The quantitative estimate of drug-likeness (QED) is 0.666. The summed E-state index contributed by atoms with van der Waals surface area (Å²) in [5.41, 5.74) is 1.68. The van der Waals surface area contributed by atoms with Crippen molar-refractivity contribution >= 4 is 28.6 Å². The van der Waals surface area contributed by atoms with Crippen molar-refractivity contribution in [3.63, 3.8) is 0 Å². The average molecular weight is 395 g/mol. The molecule has 0 bridgehead atoms. The number of anilines is 1. The molecule has 2 N–H and O–H groups in total. The number of fused-ring (bicyclic) bond motifs is 1. The summed E-state index contributed by atoms with van der Waals surface area (Å²) in [7, 11) is 0. The third-order valence-corrected chi connectivity index (χ3v) is 4.84. The second-order valence-corrected chi connectivity index (χ2v) is 6.86. The predicted octanol–water partition coefficient (Wildman–Crippen LogP) is 2.14. The number of nitrogens with one attached hydrogen (secondary N) is 2. The summed E-state index contributed by atoms with van der Waals surface area (Å²) in [5.74, 6) is -1.33. The number of amides is 2. The summed E-state index contributed by atoms with van der Waals surface area (Å²) in [6.07, 6.45) is 1.95. The van der Waals surface area contributed by atoms with Gasteiger partial charge in [0.05, 0.1) is 22.9 Å². The molecule has 1 unspecified atom stereocenters. The third kappa shape index (κ3) is 4.22. The highest BCUT2D eigenvalue weighted by Gasteiger charge is 2.19. The van der Waals surface area contributed by atoms with Gasteiger partial charge >= 0.3 is 5.76 Å². The summed E-state index contributed by atoms with van der Waals surface area (Å²) in [6, 6.07) is 13.6. The molecular formula is C21H21N3O5. The van der Waals surface area contributed by atoms with Crippen LogP contribution in [0.15, 0.2) is 57.7 Å². The average Bonchev–Trinajstić information content (AvgIpc) is 3.35. The van der Waals surface area contributed by atoms with Crippen LogP contribution in [0.5, 0.6) is 0 Å². The van der Waals surface area contributed by atoms with Crippen molar-refractivity contribution in [2.45, 2.75) is 25.5 Å². The molecular weight excluding hydrogens is 374 g/mol. The SMILES string of the molecule is O=C(Cn1c(=O)oc2ccccc21)Nc1ccccc1C(=O)NCC1CCCO1. The summed E-state index contributed by atoms with van der Waals surface area (Å²) in [4.78, 5) is 37.2. The Morgan fingerprint density at radius 3 is 2.72 bits per heavy atom. The topological polar surface area (TPSA) is 103 Å². The largest absolute Gasteiger partial charge is 0.420 e. The van der Waals surface area contributed by atoms with Crippen molar-refractivity contribution in [2.75, 3.05) is 18.5 Å². The van der Waals surface area contributed by atoms with Crippen molar-refractivity contribution in [1.82, 2.24) is 9.88 Å². The maximum absolute atomic E-state index is 12.6. The summed E-state index contributed by atoms with van der Waals surface area (Å²) < 4.78 is 11.9. The van der Waals surface area contributed by atoms with Crippen LogP contribution in [0.4, 0.5) is 5.69 Å². The first kappa shape index (κ1) is 18.9. The Morgan fingerprint density at radius 1 is 1.10 bits per heavy atom. The smallest absolute Gasteiger partial charge is 0.408 e. The van der Waals surface area contributed by atoms with Crippen molar-refractivity contribution in [2.24, 2.45) is 0 Å². The first-order valence-electron chi connectivity index (χ1n) is 9.49. The molecule has 1 aliphatic heterocycles. The molecule has 0 spiro atoms. The van der Waals surface area contributed by atoms with Crippen LogP contribution < -0.4 is 16.4 Å². The van der Waals surface area contributed by atoms with Gasteiger partial charge in [-0.1, -0.05) is 24.3 Å². The lowest BCUT2D eigenvalue weighted by molar-refractivity contribution is -0.116. The normalized spacial score (nSPS) is 16.1. The number of nitrogens with zero attached hydrogens (tertiary/aromatic N) is 1. The van der Waals surface area contributed by atoms with Crippen molar-refractivity contribution in [3.05, 3.63) is 64.6 Å². The molecule has 1 aliphatic rings. The maximum atomic E-state index is 12.6. The van der Waals surface area contributed by atoms with Crippen LogP contribution in [0, 0.1) is 0 Å². The molecule has 150 valence electrons. The fourth-order valence-electron chi connectivity index (χ4n) is 3.39. The Labute approximate surface area is 166 Å². The number of benzene rings is 2. The highest BCUT2D eigenvalue weighted by molar-refractivity contribution is 6.03.